The Morgan fingerprint density at radius 3 is 2.39 bits per heavy atom. The van der Waals surface area contributed by atoms with Gasteiger partial charge in [0.05, 0.1) is 17.5 Å². The summed E-state index contributed by atoms with van der Waals surface area (Å²) in [5, 5.41) is 3.21. The van der Waals surface area contributed by atoms with Crippen molar-refractivity contribution in [3.63, 3.8) is 0 Å². The number of carbonyl (C=O) groups is 1. The second-order valence-electron chi connectivity index (χ2n) is 7.27. The van der Waals surface area contributed by atoms with E-state index in [2.05, 4.69) is 21.2 Å². The molecule has 33 heavy (non-hydrogen) atoms. The molecule has 0 aliphatic rings. The lowest BCUT2D eigenvalue weighted by Crippen LogP contribution is -2.41. The zero-order valence-corrected chi connectivity index (χ0v) is 21.3. The number of rotatable bonds is 8. The minimum atomic E-state index is -4.17. The first kappa shape index (κ1) is 25.6. The third-order valence-electron chi connectivity index (χ3n) is 4.89. The van der Waals surface area contributed by atoms with Crippen molar-refractivity contribution >= 4 is 55.1 Å². The number of carbonyl (C=O) groups excluding carboxylic acids is 1. The first-order valence-electron chi connectivity index (χ1n) is 9.81. The van der Waals surface area contributed by atoms with Crippen LogP contribution in [0.25, 0.3) is 0 Å². The third kappa shape index (κ3) is 6.55. The summed E-state index contributed by atoms with van der Waals surface area (Å²) in [5.41, 5.74) is 0.812. The molecule has 0 radical (unpaired) electrons. The standard InChI is InChI=1S/C23H20BrCl2FN2O3S/c1-15(16-4-2-5-17(24)12-16)28-23(30)14-29(13-20-21(26)6-3-7-22(20)27)33(31,32)19-10-8-18(25)9-11-19/h2-12,15H,13-14H2,1H3,(H,28,30). The quantitative estimate of drug-likeness (QED) is 0.361. The predicted molar refractivity (Wildman–Crippen MR) is 131 cm³/mol. The highest BCUT2D eigenvalue weighted by Crippen LogP contribution is 2.25. The number of halogens is 4. The van der Waals surface area contributed by atoms with Gasteiger partial charge in [-0.3, -0.25) is 4.79 Å². The highest BCUT2D eigenvalue weighted by molar-refractivity contribution is 9.10. The summed E-state index contributed by atoms with van der Waals surface area (Å²) in [6, 6.07) is 16.6. The maximum absolute atomic E-state index is 14.4. The van der Waals surface area contributed by atoms with Gasteiger partial charge in [-0.1, -0.05) is 57.3 Å². The van der Waals surface area contributed by atoms with Crippen LogP contribution in [0.15, 0.2) is 76.1 Å². The molecule has 1 N–H and O–H groups in total. The van der Waals surface area contributed by atoms with Gasteiger partial charge < -0.3 is 5.32 Å². The summed E-state index contributed by atoms with van der Waals surface area (Å²) in [4.78, 5) is 12.8. The van der Waals surface area contributed by atoms with Gasteiger partial charge in [0.15, 0.2) is 0 Å². The summed E-state index contributed by atoms with van der Waals surface area (Å²) >= 11 is 15.4. The second-order valence-corrected chi connectivity index (χ2v) is 11.0. The van der Waals surface area contributed by atoms with Crippen LogP contribution >= 0.6 is 39.1 Å². The molecule has 174 valence electrons. The SMILES string of the molecule is CC(NC(=O)CN(Cc1c(F)cccc1Cl)S(=O)(=O)c1ccc(Cl)cc1)c1cccc(Br)c1. The summed E-state index contributed by atoms with van der Waals surface area (Å²) in [7, 11) is -4.17. The fourth-order valence-electron chi connectivity index (χ4n) is 3.15. The summed E-state index contributed by atoms with van der Waals surface area (Å²) in [6.45, 7) is 0.828. The summed E-state index contributed by atoms with van der Waals surface area (Å²) in [6.07, 6.45) is 0. The maximum atomic E-state index is 14.4. The average molecular weight is 574 g/mol. The highest BCUT2D eigenvalue weighted by atomic mass is 79.9. The topological polar surface area (TPSA) is 66.5 Å². The smallest absolute Gasteiger partial charge is 0.243 e. The number of nitrogens with zero attached hydrogens (tertiary/aromatic N) is 1. The minimum absolute atomic E-state index is 0.0236. The monoisotopic (exact) mass is 572 g/mol. The Kier molecular flexibility index (Phi) is 8.53. The molecule has 0 spiro atoms. The highest BCUT2D eigenvalue weighted by Gasteiger charge is 2.29. The van der Waals surface area contributed by atoms with Crippen LogP contribution in [0.4, 0.5) is 4.39 Å². The first-order chi connectivity index (χ1) is 15.6. The van der Waals surface area contributed by atoms with Crippen LogP contribution in [0, 0.1) is 5.82 Å². The number of amides is 1. The predicted octanol–water partition coefficient (Wildman–Crippen LogP) is 5.96. The molecule has 1 unspecified atom stereocenters. The number of benzene rings is 3. The van der Waals surface area contributed by atoms with E-state index in [0.717, 1.165) is 14.3 Å². The molecule has 1 atom stereocenters. The van der Waals surface area contributed by atoms with E-state index >= 15 is 0 Å². The molecule has 10 heteroatoms. The number of sulfonamides is 1. The van der Waals surface area contributed by atoms with Crippen LogP contribution < -0.4 is 5.32 Å². The van der Waals surface area contributed by atoms with Crippen molar-refractivity contribution in [2.45, 2.75) is 24.4 Å². The van der Waals surface area contributed by atoms with Gasteiger partial charge in [0.1, 0.15) is 5.82 Å². The molecule has 0 heterocycles. The number of hydrogen-bond donors (Lipinski definition) is 1. The fraction of sp³-hybridized carbons (Fsp3) is 0.174. The molecule has 1 amide bonds. The lowest BCUT2D eigenvalue weighted by Gasteiger charge is -2.24. The number of hydrogen-bond acceptors (Lipinski definition) is 3. The zero-order valence-electron chi connectivity index (χ0n) is 17.4. The molecular weight excluding hydrogens is 554 g/mol. The Morgan fingerprint density at radius 2 is 1.76 bits per heavy atom. The van der Waals surface area contributed by atoms with Crippen molar-refractivity contribution in [1.29, 1.82) is 0 Å². The minimum Gasteiger partial charge on any atom is -0.348 e. The van der Waals surface area contributed by atoms with Gasteiger partial charge in [0.25, 0.3) is 0 Å². The molecule has 0 saturated heterocycles. The summed E-state index contributed by atoms with van der Waals surface area (Å²) < 4.78 is 42.8. The van der Waals surface area contributed by atoms with E-state index in [9.17, 15) is 17.6 Å². The van der Waals surface area contributed by atoms with Crippen molar-refractivity contribution in [2.75, 3.05) is 6.54 Å². The van der Waals surface area contributed by atoms with Gasteiger partial charge in [-0.05, 0) is 61.0 Å². The summed E-state index contributed by atoms with van der Waals surface area (Å²) in [5.74, 6) is -1.21. The van der Waals surface area contributed by atoms with Crippen molar-refractivity contribution in [1.82, 2.24) is 9.62 Å². The molecule has 0 aliphatic heterocycles. The fourth-order valence-corrected chi connectivity index (χ4v) is 5.28. The van der Waals surface area contributed by atoms with Gasteiger partial charge in [-0.15, -0.1) is 0 Å². The second kappa shape index (κ2) is 11.0. The Hall–Kier alpha value is -1.97. The molecule has 5 nitrogen and oxygen atoms in total. The lowest BCUT2D eigenvalue weighted by atomic mass is 10.1. The Labute approximate surface area is 210 Å². The van der Waals surface area contributed by atoms with E-state index in [-0.39, 0.29) is 21.5 Å². The van der Waals surface area contributed by atoms with Gasteiger partial charge in [0.2, 0.25) is 15.9 Å². The van der Waals surface area contributed by atoms with Gasteiger partial charge >= 0.3 is 0 Å². The van der Waals surface area contributed by atoms with Crippen LogP contribution in [0.5, 0.6) is 0 Å². The molecule has 0 saturated carbocycles. The van der Waals surface area contributed by atoms with Crippen LogP contribution in [-0.2, 0) is 21.4 Å². The molecule has 3 rings (SSSR count). The Balaban J connectivity index is 1.89. The van der Waals surface area contributed by atoms with E-state index in [1.165, 1.54) is 42.5 Å². The van der Waals surface area contributed by atoms with Crippen LogP contribution in [0.1, 0.15) is 24.1 Å². The largest absolute Gasteiger partial charge is 0.348 e. The Bertz CT molecular complexity index is 1240. The van der Waals surface area contributed by atoms with Crippen molar-refractivity contribution in [2.24, 2.45) is 0 Å². The zero-order chi connectivity index (χ0) is 24.2. The van der Waals surface area contributed by atoms with Crippen molar-refractivity contribution in [3.8, 4) is 0 Å². The van der Waals surface area contributed by atoms with Crippen LogP contribution in [0.2, 0.25) is 10.0 Å². The van der Waals surface area contributed by atoms with Gasteiger partial charge in [-0.2, -0.15) is 4.31 Å². The Morgan fingerprint density at radius 1 is 1.09 bits per heavy atom. The lowest BCUT2D eigenvalue weighted by molar-refractivity contribution is -0.122. The average Bonchev–Trinajstić information content (AvgIpc) is 2.75. The molecule has 0 fully saturated rings. The van der Waals surface area contributed by atoms with Crippen molar-refractivity contribution in [3.05, 3.63) is 98.2 Å². The van der Waals surface area contributed by atoms with E-state index in [4.69, 9.17) is 23.2 Å². The van der Waals surface area contributed by atoms with Crippen molar-refractivity contribution < 1.29 is 17.6 Å². The van der Waals surface area contributed by atoms with E-state index in [1.807, 2.05) is 24.3 Å². The molecule has 0 aromatic heterocycles. The molecule has 0 aliphatic carbocycles. The molecule has 3 aromatic rings. The van der Waals surface area contributed by atoms with Crippen LogP contribution in [0.3, 0.4) is 0 Å². The van der Waals surface area contributed by atoms with E-state index in [0.29, 0.717) is 5.02 Å². The van der Waals surface area contributed by atoms with Gasteiger partial charge in [0, 0.05) is 26.6 Å². The van der Waals surface area contributed by atoms with E-state index in [1.54, 1.807) is 6.92 Å². The first-order valence-corrected chi connectivity index (χ1v) is 12.8. The molecular formula is C23H20BrCl2FN2O3S. The van der Waals surface area contributed by atoms with Crippen LogP contribution in [-0.4, -0.2) is 25.2 Å². The molecule has 0 bridgehead atoms. The number of nitrogens with one attached hydrogen (secondary N) is 1. The molecule has 3 aromatic carbocycles. The van der Waals surface area contributed by atoms with E-state index < -0.39 is 34.8 Å². The maximum Gasteiger partial charge on any atom is 0.243 e. The normalized spacial score (nSPS) is 12.5. The third-order valence-corrected chi connectivity index (χ3v) is 7.80. The van der Waals surface area contributed by atoms with Gasteiger partial charge in [-0.25, -0.2) is 12.8 Å².